The Morgan fingerprint density at radius 1 is 1.20 bits per heavy atom. The summed E-state index contributed by atoms with van der Waals surface area (Å²) in [7, 11) is 0. The van der Waals surface area contributed by atoms with Gasteiger partial charge in [-0.15, -0.1) is 5.10 Å². The highest BCUT2D eigenvalue weighted by atomic mass is 35.5. The quantitative estimate of drug-likeness (QED) is 0.784. The van der Waals surface area contributed by atoms with Crippen LogP contribution >= 0.6 is 11.6 Å². The zero-order chi connectivity index (χ0) is 17.8. The van der Waals surface area contributed by atoms with Crippen molar-refractivity contribution >= 4 is 29.6 Å². The number of nitrogens with zero attached hydrogens (tertiary/aromatic N) is 4. The summed E-state index contributed by atoms with van der Waals surface area (Å²) in [6.45, 7) is 6.46. The lowest BCUT2D eigenvalue weighted by Crippen LogP contribution is -2.49. The van der Waals surface area contributed by atoms with Crippen LogP contribution in [-0.2, 0) is 11.2 Å². The lowest BCUT2D eigenvalue weighted by Gasteiger charge is -2.33. The van der Waals surface area contributed by atoms with Gasteiger partial charge in [0.25, 0.3) is 0 Å². The van der Waals surface area contributed by atoms with E-state index < -0.39 is 0 Å². The van der Waals surface area contributed by atoms with Crippen LogP contribution in [0.2, 0.25) is 5.02 Å². The van der Waals surface area contributed by atoms with Crippen LogP contribution < -0.4 is 4.90 Å². The molecule has 1 saturated heterocycles. The van der Waals surface area contributed by atoms with E-state index in [-0.39, 0.29) is 5.91 Å². The molecule has 1 aliphatic rings. The van der Waals surface area contributed by atoms with Crippen molar-refractivity contribution in [2.45, 2.75) is 20.3 Å². The number of hydrogen-bond acceptors (Lipinski definition) is 5. The van der Waals surface area contributed by atoms with Crippen molar-refractivity contribution in [2.24, 2.45) is 0 Å². The van der Waals surface area contributed by atoms with Crippen LogP contribution in [0, 0.1) is 0 Å². The number of carbonyl (C=O) groups is 1. The Balaban J connectivity index is 1.60. The monoisotopic (exact) mass is 360 g/mol. The minimum absolute atomic E-state index is 0.0503. The van der Waals surface area contributed by atoms with E-state index in [4.69, 9.17) is 16.0 Å². The third kappa shape index (κ3) is 4.20. The molecule has 1 aromatic heterocycles. The molecule has 25 heavy (non-hydrogen) atoms. The number of carbonyl (C=O) groups excluding carboxylic acids is 1. The van der Waals surface area contributed by atoms with Crippen molar-refractivity contribution in [3.05, 3.63) is 46.3 Å². The molecule has 1 aromatic carbocycles. The minimum atomic E-state index is 0.0503. The summed E-state index contributed by atoms with van der Waals surface area (Å²) in [4.78, 5) is 16.5. The molecule has 132 valence electrons. The van der Waals surface area contributed by atoms with Crippen LogP contribution in [0.15, 0.2) is 34.3 Å². The van der Waals surface area contributed by atoms with Gasteiger partial charge < -0.3 is 14.2 Å². The van der Waals surface area contributed by atoms with Gasteiger partial charge in [0.1, 0.15) is 0 Å². The zero-order valence-electron chi connectivity index (χ0n) is 14.4. The van der Waals surface area contributed by atoms with Gasteiger partial charge in [-0.2, -0.15) is 0 Å². The molecule has 0 atom stereocenters. The molecule has 1 amide bonds. The lowest BCUT2D eigenvalue weighted by atomic mass is 10.1. The van der Waals surface area contributed by atoms with Gasteiger partial charge in [-0.3, -0.25) is 4.79 Å². The molecule has 0 spiro atoms. The second kappa shape index (κ2) is 7.70. The van der Waals surface area contributed by atoms with Gasteiger partial charge in [0.05, 0.1) is 0 Å². The molecule has 6 nitrogen and oxygen atoms in total. The van der Waals surface area contributed by atoms with E-state index in [9.17, 15) is 4.79 Å². The van der Waals surface area contributed by atoms with Crippen molar-refractivity contribution in [3.8, 4) is 0 Å². The fourth-order valence-corrected chi connectivity index (χ4v) is 2.86. The second-order valence-corrected chi connectivity index (χ2v) is 6.43. The van der Waals surface area contributed by atoms with E-state index in [1.165, 1.54) is 0 Å². The standard InChI is InChI=1S/C18H21ClN4O2/c1-3-16-20-21-18(25-16)23-10-8-22(9-11-23)17(24)13(2)12-14-4-6-15(19)7-5-14/h4-7,12H,3,8-11H2,1-2H3/b13-12+. The Morgan fingerprint density at radius 2 is 1.88 bits per heavy atom. The number of anilines is 1. The third-order valence-corrected chi connectivity index (χ3v) is 4.44. The lowest BCUT2D eigenvalue weighted by molar-refractivity contribution is -0.127. The predicted molar refractivity (Wildman–Crippen MR) is 97.6 cm³/mol. The number of aromatic nitrogens is 2. The van der Waals surface area contributed by atoms with Crippen LogP contribution in [0.25, 0.3) is 6.08 Å². The van der Waals surface area contributed by atoms with E-state index in [1.807, 2.05) is 54.0 Å². The number of hydrogen-bond donors (Lipinski definition) is 0. The van der Waals surface area contributed by atoms with E-state index in [0.29, 0.717) is 48.7 Å². The second-order valence-electron chi connectivity index (χ2n) is 5.99. The first-order valence-corrected chi connectivity index (χ1v) is 8.75. The Kier molecular flexibility index (Phi) is 5.38. The largest absolute Gasteiger partial charge is 0.408 e. The van der Waals surface area contributed by atoms with Gasteiger partial charge in [0, 0.05) is 43.2 Å². The Morgan fingerprint density at radius 3 is 2.48 bits per heavy atom. The molecule has 7 heteroatoms. The third-order valence-electron chi connectivity index (χ3n) is 4.19. The number of piperazine rings is 1. The van der Waals surface area contributed by atoms with Crippen LogP contribution in [0.3, 0.4) is 0 Å². The van der Waals surface area contributed by atoms with Gasteiger partial charge in [0.2, 0.25) is 11.8 Å². The van der Waals surface area contributed by atoms with Gasteiger partial charge in [0.15, 0.2) is 0 Å². The van der Waals surface area contributed by atoms with Crippen molar-refractivity contribution in [1.82, 2.24) is 15.1 Å². The molecule has 0 unspecified atom stereocenters. The molecule has 0 N–H and O–H groups in total. The summed E-state index contributed by atoms with van der Waals surface area (Å²) < 4.78 is 5.58. The van der Waals surface area contributed by atoms with Crippen molar-refractivity contribution in [2.75, 3.05) is 31.1 Å². The number of halogens is 1. The molecule has 1 aliphatic heterocycles. The first kappa shape index (κ1) is 17.5. The minimum Gasteiger partial charge on any atom is -0.408 e. The normalized spacial score (nSPS) is 15.6. The summed E-state index contributed by atoms with van der Waals surface area (Å²) >= 11 is 5.89. The van der Waals surface area contributed by atoms with Gasteiger partial charge in [-0.05, 0) is 30.7 Å². The molecule has 2 heterocycles. The molecular formula is C18H21ClN4O2. The van der Waals surface area contributed by atoms with Gasteiger partial charge >= 0.3 is 6.01 Å². The molecule has 0 radical (unpaired) electrons. The molecular weight excluding hydrogens is 340 g/mol. The van der Waals surface area contributed by atoms with E-state index >= 15 is 0 Å². The van der Waals surface area contributed by atoms with Crippen molar-refractivity contribution < 1.29 is 9.21 Å². The SMILES string of the molecule is CCc1nnc(N2CCN(C(=O)/C(C)=C/c3ccc(Cl)cc3)CC2)o1. The predicted octanol–water partition coefficient (Wildman–Crippen LogP) is 3.04. The Labute approximate surface area is 152 Å². The topological polar surface area (TPSA) is 62.5 Å². The summed E-state index contributed by atoms with van der Waals surface area (Å²) in [5.74, 6) is 0.685. The molecule has 2 aromatic rings. The van der Waals surface area contributed by atoms with E-state index in [0.717, 1.165) is 12.0 Å². The van der Waals surface area contributed by atoms with Crippen LogP contribution in [0.5, 0.6) is 0 Å². The molecule has 0 aliphatic carbocycles. The highest BCUT2D eigenvalue weighted by molar-refractivity contribution is 6.30. The highest BCUT2D eigenvalue weighted by Crippen LogP contribution is 2.17. The smallest absolute Gasteiger partial charge is 0.318 e. The molecule has 0 saturated carbocycles. The van der Waals surface area contributed by atoms with Gasteiger partial charge in [-0.1, -0.05) is 35.8 Å². The number of rotatable bonds is 4. The maximum atomic E-state index is 12.6. The summed E-state index contributed by atoms with van der Waals surface area (Å²) in [5.41, 5.74) is 1.67. The summed E-state index contributed by atoms with van der Waals surface area (Å²) in [6, 6.07) is 7.98. The summed E-state index contributed by atoms with van der Waals surface area (Å²) in [5, 5.41) is 8.73. The maximum Gasteiger partial charge on any atom is 0.318 e. The van der Waals surface area contributed by atoms with Gasteiger partial charge in [-0.25, -0.2) is 0 Å². The Hall–Kier alpha value is -2.34. The first-order valence-electron chi connectivity index (χ1n) is 8.37. The maximum absolute atomic E-state index is 12.6. The van der Waals surface area contributed by atoms with Crippen molar-refractivity contribution in [1.29, 1.82) is 0 Å². The molecule has 3 rings (SSSR count). The van der Waals surface area contributed by atoms with E-state index in [2.05, 4.69) is 10.2 Å². The summed E-state index contributed by atoms with van der Waals surface area (Å²) in [6.07, 6.45) is 2.61. The number of amides is 1. The molecule has 0 bridgehead atoms. The van der Waals surface area contributed by atoms with Crippen LogP contribution in [-0.4, -0.2) is 47.2 Å². The average molecular weight is 361 g/mol. The fraction of sp³-hybridized carbons (Fsp3) is 0.389. The fourth-order valence-electron chi connectivity index (χ4n) is 2.74. The van der Waals surface area contributed by atoms with Crippen LogP contribution in [0.4, 0.5) is 6.01 Å². The first-order chi connectivity index (χ1) is 12.1. The number of benzene rings is 1. The Bertz CT molecular complexity index is 762. The molecule has 1 fully saturated rings. The number of aryl methyl sites for hydroxylation is 1. The van der Waals surface area contributed by atoms with E-state index in [1.54, 1.807) is 0 Å². The van der Waals surface area contributed by atoms with Crippen LogP contribution in [0.1, 0.15) is 25.3 Å². The highest BCUT2D eigenvalue weighted by Gasteiger charge is 2.24. The zero-order valence-corrected chi connectivity index (χ0v) is 15.2. The average Bonchev–Trinajstić information content (AvgIpc) is 3.12. The van der Waals surface area contributed by atoms with Crippen molar-refractivity contribution in [3.63, 3.8) is 0 Å².